The molecule has 1 aromatic heterocycles. The molecule has 94 valence electrons. The van der Waals surface area contributed by atoms with Gasteiger partial charge in [-0.25, -0.2) is 0 Å². The highest BCUT2D eigenvalue weighted by Crippen LogP contribution is 2.18. The number of nitrogens with zero attached hydrogens (tertiary/aromatic N) is 3. The summed E-state index contributed by atoms with van der Waals surface area (Å²) in [7, 11) is 3.74. The summed E-state index contributed by atoms with van der Waals surface area (Å²) < 4.78 is 1.76. The van der Waals surface area contributed by atoms with Crippen LogP contribution in [0, 0.1) is 11.8 Å². The third-order valence-electron chi connectivity index (χ3n) is 3.39. The molecule has 1 saturated heterocycles. The zero-order chi connectivity index (χ0) is 12.4. The number of carbonyl (C=O) groups is 1. The molecule has 2 unspecified atom stereocenters. The predicted octanol–water partition coefficient (Wildman–Crippen LogP) is 0.234. The van der Waals surface area contributed by atoms with Crippen molar-refractivity contribution in [2.45, 2.75) is 13.5 Å². The number of rotatable bonds is 3. The third-order valence-corrected chi connectivity index (χ3v) is 3.39. The molecule has 1 N–H and O–H groups in total. The zero-order valence-corrected chi connectivity index (χ0v) is 10.7. The molecule has 1 aliphatic rings. The van der Waals surface area contributed by atoms with Crippen LogP contribution >= 0.6 is 0 Å². The minimum absolute atomic E-state index is 0.122. The van der Waals surface area contributed by atoms with Gasteiger partial charge in [0.1, 0.15) is 0 Å². The van der Waals surface area contributed by atoms with E-state index in [-0.39, 0.29) is 11.8 Å². The van der Waals surface area contributed by atoms with Crippen LogP contribution in [0.1, 0.15) is 12.5 Å². The first-order valence-electron chi connectivity index (χ1n) is 6.01. The fourth-order valence-electron chi connectivity index (χ4n) is 2.33. The summed E-state index contributed by atoms with van der Waals surface area (Å²) >= 11 is 0. The van der Waals surface area contributed by atoms with Crippen molar-refractivity contribution in [2.24, 2.45) is 18.9 Å². The van der Waals surface area contributed by atoms with Gasteiger partial charge in [0.15, 0.2) is 0 Å². The first-order chi connectivity index (χ1) is 8.08. The van der Waals surface area contributed by atoms with E-state index in [2.05, 4.69) is 17.3 Å². The third kappa shape index (κ3) is 2.66. The van der Waals surface area contributed by atoms with Crippen molar-refractivity contribution >= 4 is 5.91 Å². The van der Waals surface area contributed by atoms with E-state index in [1.165, 1.54) is 0 Å². The van der Waals surface area contributed by atoms with Crippen LogP contribution in [0.5, 0.6) is 0 Å². The highest BCUT2D eigenvalue weighted by molar-refractivity contribution is 5.79. The largest absolute Gasteiger partial charge is 0.341 e. The van der Waals surface area contributed by atoms with Gasteiger partial charge in [-0.1, -0.05) is 6.92 Å². The highest BCUT2D eigenvalue weighted by Gasteiger charge is 2.31. The molecule has 0 radical (unpaired) electrons. The molecule has 1 aliphatic heterocycles. The molecule has 0 saturated carbocycles. The molecular weight excluding hydrogens is 216 g/mol. The lowest BCUT2D eigenvalue weighted by molar-refractivity contribution is -0.135. The maximum atomic E-state index is 12.2. The average Bonchev–Trinajstić information content (AvgIpc) is 2.86. The average molecular weight is 236 g/mol. The SMILES string of the molecule is CC1CNCC1C(=O)N(C)Cc1cnn(C)c1. The van der Waals surface area contributed by atoms with E-state index in [4.69, 9.17) is 0 Å². The predicted molar refractivity (Wildman–Crippen MR) is 65.2 cm³/mol. The molecule has 0 aliphatic carbocycles. The highest BCUT2D eigenvalue weighted by atomic mass is 16.2. The molecular formula is C12H20N4O. The quantitative estimate of drug-likeness (QED) is 0.817. The van der Waals surface area contributed by atoms with Gasteiger partial charge in [-0.3, -0.25) is 9.48 Å². The van der Waals surface area contributed by atoms with Crippen LogP contribution in [0.4, 0.5) is 0 Å². The van der Waals surface area contributed by atoms with Crippen molar-refractivity contribution in [3.05, 3.63) is 18.0 Å². The van der Waals surface area contributed by atoms with Gasteiger partial charge < -0.3 is 10.2 Å². The van der Waals surface area contributed by atoms with Gasteiger partial charge in [-0.15, -0.1) is 0 Å². The summed E-state index contributed by atoms with van der Waals surface area (Å²) in [5, 5.41) is 7.37. The zero-order valence-electron chi connectivity index (χ0n) is 10.7. The monoisotopic (exact) mass is 236 g/mol. The molecule has 1 aromatic rings. The Morgan fingerprint density at radius 2 is 2.41 bits per heavy atom. The first kappa shape index (κ1) is 12.1. The van der Waals surface area contributed by atoms with Crippen molar-refractivity contribution < 1.29 is 4.79 Å². The summed E-state index contributed by atoms with van der Waals surface area (Å²) in [5.41, 5.74) is 1.07. The minimum atomic E-state index is 0.122. The van der Waals surface area contributed by atoms with Gasteiger partial charge in [0.25, 0.3) is 0 Å². The normalized spacial score (nSPS) is 23.9. The minimum Gasteiger partial charge on any atom is -0.341 e. The van der Waals surface area contributed by atoms with E-state index in [1.54, 1.807) is 15.8 Å². The van der Waals surface area contributed by atoms with Crippen LogP contribution in [0.2, 0.25) is 0 Å². The van der Waals surface area contributed by atoms with Crippen LogP contribution < -0.4 is 5.32 Å². The van der Waals surface area contributed by atoms with Crippen molar-refractivity contribution in [1.29, 1.82) is 0 Å². The maximum Gasteiger partial charge on any atom is 0.227 e. The summed E-state index contributed by atoms with van der Waals surface area (Å²) in [6.07, 6.45) is 3.75. The van der Waals surface area contributed by atoms with E-state index in [9.17, 15) is 4.79 Å². The molecule has 1 fully saturated rings. The second-order valence-electron chi connectivity index (χ2n) is 4.96. The van der Waals surface area contributed by atoms with E-state index in [0.717, 1.165) is 18.7 Å². The van der Waals surface area contributed by atoms with Gasteiger partial charge in [0.2, 0.25) is 5.91 Å². The van der Waals surface area contributed by atoms with E-state index >= 15 is 0 Å². The molecule has 0 spiro atoms. The lowest BCUT2D eigenvalue weighted by Crippen LogP contribution is -2.35. The van der Waals surface area contributed by atoms with Crippen molar-refractivity contribution in [3.8, 4) is 0 Å². The number of nitrogens with one attached hydrogen (secondary N) is 1. The molecule has 2 heterocycles. The van der Waals surface area contributed by atoms with E-state index < -0.39 is 0 Å². The smallest absolute Gasteiger partial charge is 0.227 e. The van der Waals surface area contributed by atoms with Crippen LogP contribution in [0.25, 0.3) is 0 Å². The Morgan fingerprint density at radius 3 is 2.94 bits per heavy atom. The van der Waals surface area contributed by atoms with Gasteiger partial charge >= 0.3 is 0 Å². The lowest BCUT2D eigenvalue weighted by Gasteiger charge is -2.22. The number of amides is 1. The molecule has 5 nitrogen and oxygen atoms in total. The molecule has 2 rings (SSSR count). The summed E-state index contributed by atoms with van der Waals surface area (Å²) in [4.78, 5) is 14.0. The van der Waals surface area contributed by atoms with Gasteiger partial charge in [0, 0.05) is 38.9 Å². The topological polar surface area (TPSA) is 50.2 Å². The van der Waals surface area contributed by atoms with Crippen LogP contribution in [-0.4, -0.2) is 40.7 Å². The number of hydrogen-bond acceptors (Lipinski definition) is 3. The van der Waals surface area contributed by atoms with Crippen LogP contribution in [0.3, 0.4) is 0 Å². The Hall–Kier alpha value is -1.36. The lowest BCUT2D eigenvalue weighted by atomic mass is 9.97. The number of aromatic nitrogens is 2. The number of carbonyl (C=O) groups excluding carboxylic acids is 1. The molecule has 2 atom stereocenters. The first-order valence-corrected chi connectivity index (χ1v) is 6.01. The van der Waals surface area contributed by atoms with Crippen LogP contribution in [0.15, 0.2) is 12.4 Å². The molecule has 0 bridgehead atoms. The molecule has 17 heavy (non-hydrogen) atoms. The second-order valence-corrected chi connectivity index (χ2v) is 4.96. The Kier molecular flexibility index (Phi) is 3.47. The van der Waals surface area contributed by atoms with E-state index in [0.29, 0.717) is 12.5 Å². The summed E-state index contributed by atoms with van der Waals surface area (Å²) in [6.45, 7) is 4.50. The Morgan fingerprint density at radius 1 is 1.65 bits per heavy atom. The molecule has 1 amide bonds. The van der Waals surface area contributed by atoms with Crippen molar-refractivity contribution in [3.63, 3.8) is 0 Å². The van der Waals surface area contributed by atoms with Crippen molar-refractivity contribution in [1.82, 2.24) is 20.0 Å². The fraction of sp³-hybridized carbons (Fsp3) is 0.667. The standard InChI is InChI=1S/C12H20N4O/c1-9-4-13-6-11(9)12(17)15(2)7-10-5-14-16(3)8-10/h5,8-9,11,13H,4,6-7H2,1-3H3. The van der Waals surface area contributed by atoms with Gasteiger partial charge in [-0.05, 0) is 12.5 Å². The van der Waals surface area contributed by atoms with Crippen LogP contribution in [-0.2, 0) is 18.4 Å². The van der Waals surface area contributed by atoms with Gasteiger partial charge in [-0.2, -0.15) is 5.10 Å². The summed E-state index contributed by atoms with van der Waals surface area (Å²) in [5.74, 6) is 0.780. The molecule has 5 heteroatoms. The summed E-state index contributed by atoms with van der Waals surface area (Å²) in [6, 6.07) is 0. The Bertz CT molecular complexity index is 401. The number of aryl methyl sites for hydroxylation is 1. The van der Waals surface area contributed by atoms with E-state index in [1.807, 2.05) is 20.3 Å². The fourth-order valence-corrected chi connectivity index (χ4v) is 2.33. The van der Waals surface area contributed by atoms with Crippen molar-refractivity contribution in [2.75, 3.05) is 20.1 Å². The Balaban J connectivity index is 1.95. The Labute approximate surface area is 102 Å². The second kappa shape index (κ2) is 4.87. The van der Waals surface area contributed by atoms with Gasteiger partial charge in [0.05, 0.1) is 12.1 Å². The number of hydrogen-bond donors (Lipinski definition) is 1. The molecule has 0 aromatic carbocycles. The maximum absolute atomic E-state index is 12.2.